The number of nitrogens with zero attached hydrogens (tertiary/aromatic N) is 1. The minimum Gasteiger partial charge on any atom is -0.370 e. The van der Waals surface area contributed by atoms with Crippen molar-refractivity contribution < 1.29 is 4.74 Å². The van der Waals surface area contributed by atoms with E-state index in [1.54, 1.807) is 13.2 Å². The van der Waals surface area contributed by atoms with E-state index in [1.165, 1.54) is 0 Å². The Bertz CT molecular complexity index is 511. The van der Waals surface area contributed by atoms with Gasteiger partial charge < -0.3 is 15.0 Å². The molecule has 5 nitrogen and oxygen atoms in total. The number of aromatic amines is 1. The van der Waals surface area contributed by atoms with Gasteiger partial charge in [-0.2, -0.15) is 0 Å². The first kappa shape index (κ1) is 15.2. The molecule has 0 aromatic carbocycles. The SMILES string of the molecule is COC1(c2nc(CNC(C)(C)C)cc(=O)[nH]2)CCCC1. The molecule has 0 aliphatic heterocycles. The molecule has 5 heteroatoms. The van der Waals surface area contributed by atoms with Crippen molar-refractivity contribution in [1.29, 1.82) is 0 Å². The van der Waals surface area contributed by atoms with Crippen LogP contribution in [0.25, 0.3) is 0 Å². The van der Waals surface area contributed by atoms with Gasteiger partial charge in [-0.25, -0.2) is 4.98 Å². The van der Waals surface area contributed by atoms with Crippen LogP contribution in [0, 0.1) is 0 Å². The highest BCUT2D eigenvalue weighted by molar-refractivity contribution is 5.11. The second-order valence-electron chi connectivity index (χ2n) is 6.59. The summed E-state index contributed by atoms with van der Waals surface area (Å²) in [6.45, 7) is 6.86. The van der Waals surface area contributed by atoms with Gasteiger partial charge in [0.25, 0.3) is 5.56 Å². The predicted octanol–water partition coefficient (Wildman–Crippen LogP) is 2.07. The van der Waals surface area contributed by atoms with Gasteiger partial charge in [-0.05, 0) is 46.5 Å². The van der Waals surface area contributed by atoms with E-state index in [0.29, 0.717) is 12.4 Å². The fourth-order valence-corrected chi connectivity index (χ4v) is 2.65. The maximum absolute atomic E-state index is 11.9. The molecule has 2 rings (SSSR count). The van der Waals surface area contributed by atoms with E-state index in [4.69, 9.17) is 4.74 Å². The molecule has 112 valence electrons. The number of hydrogen-bond acceptors (Lipinski definition) is 4. The Morgan fingerprint density at radius 2 is 2.05 bits per heavy atom. The highest BCUT2D eigenvalue weighted by atomic mass is 16.5. The molecule has 0 radical (unpaired) electrons. The van der Waals surface area contributed by atoms with Gasteiger partial charge in [-0.3, -0.25) is 4.79 Å². The van der Waals surface area contributed by atoms with E-state index in [0.717, 1.165) is 31.4 Å². The lowest BCUT2D eigenvalue weighted by Gasteiger charge is -2.27. The molecule has 2 N–H and O–H groups in total. The van der Waals surface area contributed by atoms with Crippen molar-refractivity contribution in [2.24, 2.45) is 0 Å². The molecule has 1 aliphatic carbocycles. The number of aromatic nitrogens is 2. The highest BCUT2D eigenvalue weighted by Crippen LogP contribution is 2.39. The second kappa shape index (κ2) is 5.66. The molecule has 0 atom stereocenters. The van der Waals surface area contributed by atoms with Crippen molar-refractivity contribution in [2.75, 3.05) is 7.11 Å². The minimum atomic E-state index is -0.406. The number of methoxy groups -OCH3 is 1. The van der Waals surface area contributed by atoms with Gasteiger partial charge in [0.1, 0.15) is 11.4 Å². The maximum Gasteiger partial charge on any atom is 0.251 e. The smallest absolute Gasteiger partial charge is 0.251 e. The lowest BCUT2D eigenvalue weighted by molar-refractivity contribution is -0.0166. The second-order valence-corrected chi connectivity index (χ2v) is 6.59. The van der Waals surface area contributed by atoms with Crippen molar-refractivity contribution in [3.05, 3.63) is 27.9 Å². The molecule has 1 aromatic rings. The van der Waals surface area contributed by atoms with E-state index in [-0.39, 0.29) is 11.1 Å². The maximum atomic E-state index is 11.9. The summed E-state index contributed by atoms with van der Waals surface area (Å²) in [6.07, 6.45) is 4.06. The summed E-state index contributed by atoms with van der Waals surface area (Å²) in [6, 6.07) is 1.56. The van der Waals surface area contributed by atoms with Gasteiger partial charge in [-0.15, -0.1) is 0 Å². The van der Waals surface area contributed by atoms with Crippen LogP contribution in [-0.4, -0.2) is 22.6 Å². The van der Waals surface area contributed by atoms with Crippen LogP contribution >= 0.6 is 0 Å². The Balaban J connectivity index is 2.26. The lowest BCUT2D eigenvalue weighted by Crippen LogP contribution is -2.36. The van der Waals surface area contributed by atoms with Crippen LogP contribution in [0.4, 0.5) is 0 Å². The molecule has 0 saturated heterocycles. The summed E-state index contributed by atoms with van der Waals surface area (Å²) in [4.78, 5) is 19.3. The summed E-state index contributed by atoms with van der Waals surface area (Å²) >= 11 is 0. The third kappa shape index (κ3) is 3.46. The molecule has 0 amide bonds. The first-order chi connectivity index (χ1) is 9.35. The largest absolute Gasteiger partial charge is 0.370 e. The van der Waals surface area contributed by atoms with Gasteiger partial charge in [0.05, 0.1) is 5.69 Å². The molecule has 1 heterocycles. The molecular weight excluding hydrogens is 254 g/mol. The topological polar surface area (TPSA) is 67.0 Å². The molecule has 0 unspecified atom stereocenters. The number of rotatable bonds is 4. The van der Waals surface area contributed by atoms with Gasteiger partial charge in [0.2, 0.25) is 0 Å². The van der Waals surface area contributed by atoms with E-state index in [9.17, 15) is 4.79 Å². The van der Waals surface area contributed by atoms with E-state index < -0.39 is 5.60 Å². The minimum absolute atomic E-state index is 0.00323. The average molecular weight is 279 g/mol. The monoisotopic (exact) mass is 279 g/mol. The van der Waals surface area contributed by atoms with Crippen LogP contribution in [-0.2, 0) is 16.9 Å². The Hall–Kier alpha value is -1.20. The first-order valence-electron chi connectivity index (χ1n) is 7.26. The van der Waals surface area contributed by atoms with Crippen LogP contribution in [0.2, 0.25) is 0 Å². The van der Waals surface area contributed by atoms with Crippen molar-refractivity contribution >= 4 is 0 Å². The third-order valence-electron chi connectivity index (χ3n) is 3.83. The Kier molecular flexibility index (Phi) is 4.30. The zero-order valence-corrected chi connectivity index (χ0v) is 12.9. The van der Waals surface area contributed by atoms with Crippen molar-refractivity contribution in [1.82, 2.24) is 15.3 Å². The molecular formula is C15H25N3O2. The summed E-state index contributed by atoms with van der Waals surface area (Å²) in [5.41, 5.74) is 0.249. The summed E-state index contributed by atoms with van der Waals surface area (Å²) in [7, 11) is 1.70. The Morgan fingerprint density at radius 3 is 2.60 bits per heavy atom. The lowest BCUT2D eigenvalue weighted by atomic mass is 10.0. The molecule has 1 aromatic heterocycles. The van der Waals surface area contributed by atoms with Gasteiger partial charge in [-0.1, -0.05) is 0 Å². The Labute approximate surface area is 120 Å². The molecule has 1 saturated carbocycles. The van der Waals surface area contributed by atoms with Crippen LogP contribution in [0.1, 0.15) is 58.0 Å². The van der Waals surface area contributed by atoms with E-state index in [1.807, 2.05) is 0 Å². The van der Waals surface area contributed by atoms with Crippen LogP contribution in [0.15, 0.2) is 10.9 Å². The zero-order chi connectivity index (χ0) is 14.8. The number of ether oxygens (including phenoxy) is 1. The summed E-state index contributed by atoms with van der Waals surface area (Å²) < 4.78 is 5.69. The van der Waals surface area contributed by atoms with Gasteiger partial charge >= 0.3 is 0 Å². The van der Waals surface area contributed by atoms with E-state index in [2.05, 4.69) is 36.1 Å². The predicted molar refractivity (Wildman–Crippen MR) is 78.6 cm³/mol. The fraction of sp³-hybridized carbons (Fsp3) is 0.733. The Morgan fingerprint density at radius 1 is 1.40 bits per heavy atom. The van der Waals surface area contributed by atoms with Crippen LogP contribution in [0.5, 0.6) is 0 Å². The molecule has 20 heavy (non-hydrogen) atoms. The third-order valence-corrected chi connectivity index (χ3v) is 3.83. The molecule has 0 bridgehead atoms. The number of H-pyrrole nitrogens is 1. The van der Waals surface area contributed by atoms with Gasteiger partial charge in [0.15, 0.2) is 0 Å². The van der Waals surface area contributed by atoms with E-state index >= 15 is 0 Å². The fourth-order valence-electron chi connectivity index (χ4n) is 2.65. The number of hydrogen-bond donors (Lipinski definition) is 2. The molecule has 1 fully saturated rings. The first-order valence-corrected chi connectivity index (χ1v) is 7.26. The van der Waals surface area contributed by atoms with Crippen molar-refractivity contribution in [3.8, 4) is 0 Å². The molecule has 0 spiro atoms. The summed E-state index contributed by atoms with van der Waals surface area (Å²) in [5, 5.41) is 3.36. The normalized spacial score (nSPS) is 18.4. The number of nitrogens with one attached hydrogen (secondary N) is 2. The van der Waals surface area contributed by atoms with Crippen LogP contribution < -0.4 is 10.9 Å². The van der Waals surface area contributed by atoms with Gasteiger partial charge in [0, 0.05) is 25.3 Å². The van der Waals surface area contributed by atoms with Crippen LogP contribution in [0.3, 0.4) is 0 Å². The molecule has 1 aliphatic rings. The van der Waals surface area contributed by atoms with Crippen molar-refractivity contribution in [2.45, 2.75) is 64.1 Å². The summed E-state index contributed by atoms with van der Waals surface area (Å²) in [5.74, 6) is 0.677. The average Bonchev–Trinajstić information content (AvgIpc) is 2.85. The zero-order valence-electron chi connectivity index (χ0n) is 12.9. The standard InChI is InChI=1S/C15H25N3O2/c1-14(2,3)16-10-11-9-12(19)18-13(17-11)15(20-4)7-5-6-8-15/h9,16H,5-8,10H2,1-4H3,(H,17,18,19). The quantitative estimate of drug-likeness (QED) is 0.885. The van der Waals surface area contributed by atoms with Crippen molar-refractivity contribution in [3.63, 3.8) is 0 Å². The highest BCUT2D eigenvalue weighted by Gasteiger charge is 2.38.